The van der Waals surface area contributed by atoms with Crippen LogP contribution in [0.1, 0.15) is 35.8 Å². The van der Waals surface area contributed by atoms with E-state index in [4.69, 9.17) is 5.73 Å². The molecule has 2 saturated carbocycles. The third kappa shape index (κ3) is 1.97. The van der Waals surface area contributed by atoms with Gasteiger partial charge in [0, 0.05) is 24.2 Å². The van der Waals surface area contributed by atoms with Crippen LogP contribution in [-0.2, 0) is 0 Å². The van der Waals surface area contributed by atoms with E-state index in [1.807, 2.05) is 0 Å². The zero-order valence-corrected chi connectivity index (χ0v) is 9.70. The lowest BCUT2D eigenvalue weighted by molar-refractivity contribution is -0.384. The second-order valence-electron chi connectivity index (χ2n) is 4.96. The lowest BCUT2D eigenvalue weighted by atomic mass is 10.3. The average Bonchev–Trinajstić information content (AvgIpc) is 3.21. The third-order valence-electron chi connectivity index (χ3n) is 3.37. The van der Waals surface area contributed by atoms with Crippen LogP contribution in [0, 0.1) is 10.1 Å². The number of nitrogens with two attached hydrogens (primary N) is 1. The topological polar surface area (TPSA) is 103 Å². The van der Waals surface area contributed by atoms with Crippen LogP contribution in [0.2, 0.25) is 0 Å². The molecule has 1 aromatic heterocycles. The first-order valence-corrected chi connectivity index (χ1v) is 5.99. The summed E-state index contributed by atoms with van der Waals surface area (Å²) in [4.78, 5) is 22.3. The molecule has 2 aliphatic carbocycles. The van der Waals surface area contributed by atoms with Crippen LogP contribution in [0.3, 0.4) is 0 Å². The van der Waals surface area contributed by atoms with Crippen LogP contribution >= 0.6 is 0 Å². The maximum Gasteiger partial charge on any atom is 0.287 e. The Morgan fingerprint density at radius 3 is 2.72 bits per heavy atom. The number of rotatable bonds is 4. The van der Waals surface area contributed by atoms with E-state index in [0.717, 1.165) is 19.3 Å². The molecule has 1 heterocycles. The molecule has 3 N–H and O–H groups in total. The van der Waals surface area contributed by atoms with E-state index in [-0.39, 0.29) is 29.7 Å². The highest BCUT2D eigenvalue weighted by atomic mass is 16.6. The summed E-state index contributed by atoms with van der Waals surface area (Å²) in [6, 6.07) is 1.60. The number of aromatic nitrogens is 1. The van der Waals surface area contributed by atoms with E-state index < -0.39 is 4.92 Å². The van der Waals surface area contributed by atoms with Gasteiger partial charge in [-0.05, 0) is 19.3 Å². The Morgan fingerprint density at radius 2 is 2.22 bits per heavy atom. The number of amides is 1. The van der Waals surface area contributed by atoms with Crippen LogP contribution in [0.4, 0.5) is 5.69 Å². The van der Waals surface area contributed by atoms with Crippen molar-refractivity contribution < 1.29 is 9.72 Å². The average molecular weight is 250 g/mol. The SMILES string of the molecule is NC1CC1NC(=O)c1cc([N+](=O)[O-])cn1C1CC1. The Kier molecular flexibility index (Phi) is 2.37. The fraction of sp³-hybridized carbons (Fsp3) is 0.545. The Balaban J connectivity index is 1.84. The van der Waals surface area contributed by atoms with Gasteiger partial charge in [-0.3, -0.25) is 14.9 Å². The molecule has 0 radical (unpaired) electrons. The molecule has 7 nitrogen and oxygen atoms in total. The van der Waals surface area contributed by atoms with Gasteiger partial charge in [0.1, 0.15) is 5.69 Å². The molecule has 96 valence electrons. The lowest BCUT2D eigenvalue weighted by Gasteiger charge is -2.07. The van der Waals surface area contributed by atoms with Gasteiger partial charge >= 0.3 is 0 Å². The van der Waals surface area contributed by atoms with Crippen molar-refractivity contribution in [1.29, 1.82) is 0 Å². The molecule has 3 rings (SSSR count). The van der Waals surface area contributed by atoms with Gasteiger partial charge in [0.15, 0.2) is 0 Å². The van der Waals surface area contributed by atoms with E-state index >= 15 is 0 Å². The first-order chi connectivity index (χ1) is 8.56. The van der Waals surface area contributed by atoms with Crippen molar-refractivity contribution in [2.45, 2.75) is 37.4 Å². The van der Waals surface area contributed by atoms with Crippen LogP contribution in [0.25, 0.3) is 0 Å². The lowest BCUT2D eigenvalue weighted by Crippen LogP contribution is -2.31. The molecule has 0 aromatic carbocycles. The number of nitrogens with zero attached hydrogens (tertiary/aromatic N) is 2. The molecule has 7 heteroatoms. The van der Waals surface area contributed by atoms with Crippen LogP contribution in [-0.4, -0.2) is 27.5 Å². The van der Waals surface area contributed by atoms with Crippen LogP contribution in [0.15, 0.2) is 12.3 Å². The van der Waals surface area contributed by atoms with E-state index in [9.17, 15) is 14.9 Å². The van der Waals surface area contributed by atoms with Gasteiger partial charge in [0.05, 0.1) is 11.1 Å². The predicted molar refractivity (Wildman–Crippen MR) is 63.2 cm³/mol. The second-order valence-corrected chi connectivity index (χ2v) is 4.96. The van der Waals surface area contributed by atoms with Gasteiger partial charge < -0.3 is 15.6 Å². The minimum absolute atomic E-state index is 0.0131. The highest BCUT2D eigenvalue weighted by Crippen LogP contribution is 2.38. The molecule has 18 heavy (non-hydrogen) atoms. The van der Waals surface area contributed by atoms with Crippen LogP contribution < -0.4 is 11.1 Å². The summed E-state index contributed by atoms with van der Waals surface area (Å²) >= 11 is 0. The highest BCUT2D eigenvalue weighted by molar-refractivity contribution is 5.94. The first kappa shape index (κ1) is 11.2. The summed E-state index contributed by atoms with van der Waals surface area (Å²) in [7, 11) is 0. The normalized spacial score (nSPS) is 25.8. The first-order valence-electron chi connectivity index (χ1n) is 5.99. The molecule has 0 spiro atoms. The maximum absolute atomic E-state index is 12.0. The number of hydrogen-bond acceptors (Lipinski definition) is 4. The second kappa shape index (κ2) is 3.81. The molecule has 2 aliphatic rings. The van der Waals surface area contributed by atoms with Gasteiger partial charge in [-0.25, -0.2) is 0 Å². The minimum Gasteiger partial charge on any atom is -0.346 e. The summed E-state index contributed by atoms with van der Waals surface area (Å²) in [5.74, 6) is -0.270. The largest absolute Gasteiger partial charge is 0.346 e. The monoisotopic (exact) mass is 250 g/mol. The van der Waals surface area contributed by atoms with Gasteiger partial charge in [-0.15, -0.1) is 0 Å². The molecule has 2 atom stereocenters. The summed E-state index contributed by atoms with van der Waals surface area (Å²) in [5, 5.41) is 13.5. The maximum atomic E-state index is 12.0. The van der Waals surface area contributed by atoms with Crippen molar-refractivity contribution in [3.63, 3.8) is 0 Å². The standard InChI is InChI=1S/C11H14N4O3/c12-8-4-9(8)13-11(16)10-3-7(15(17)18)5-14(10)6-1-2-6/h3,5-6,8-9H,1-2,4,12H2,(H,13,16). The van der Waals surface area contributed by atoms with Crippen molar-refractivity contribution in [2.75, 3.05) is 0 Å². The molecule has 1 aromatic rings. The fourth-order valence-electron chi connectivity index (χ4n) is 2.02. The van der Waals surface area contributed by atoms with Crippen molar-refractivity contribution in [3.05, 3.63) is 28.1 Å². The van der Waals surface area contributed by atoms with Gasteiger partial charge in [0.2, 0.25) is 0 Å². The van der Waals surface area contributed by atoms with Crippen molar-refractivity contribution in [3.8, 4) is 0 Å². The Hall–Kier alpha value is -1.89. The molecule has 0 bridgehead atoms. The molecule has 1 amide bonds. The van der Waals surface area contributed by atoms with Gasteiger partial charge in [-0.1, -0.05) is 0 Å². The summed E-state index contributed by atoms with van der Waals surface area (Å²) in [5.41, 5.74) is 5.96. The zero-order valence-electron chi connectivity index (χ0n) is 9.70. The summed E-state index contributed by atoms with van der Waals surface area (Å²) < 4.78 is 1.71. The smallest absolute Gasteiger partial charge is 0.287 e. The van der Waals surface area contributed by atoms with Gasteiger partial charge in [-0.2, -0.15) is 0 Å². The predicted octanol–water partition coefficient (Wildman–Crippen LogP) is 0.561. The van der Waals surface area contributed by atoms with Crippen molar-refractivity contribution >= 4 is 11.6 Å². The summed E-state index contributed by atoms with van der Waals surface area (Å²) in [6.07, 6.45) is 4.15. The number of carbonyl (C=O) groups is 1. The fourth-order valence-corrected chi connectivity index (χ4v) is 2.02. The number of nitrogens with one attached hydrogen (secondary N) is 1. The molecule has 2 unspecified atom stereocenters. The molecular formula is C11H14N4O3. The number of hydrogen-bond donors (Lipinski definition) is 2. The Bertz CT molecular complexity index is 520. The molecule has 2 fully saturated rings. The summed E-state index contributed by atoms with van der Waals surface area (Å²) in [6.45, 7) is 0. The van der Waals surface area contributed by atoms with Crippen molar-refractivity contribution in [2.24, 2.45) is 5.73 Å². The number of nitro groups is 1. The van der Waals surface area contributed by atoms with E-state index in [0.29, 0.717) is 5.69 Å². The number of carbonyl (C=O) groups excluding carboxylic acids is 1. The third-order valence-corrected chi connectivity index (χ3v) is 3.37. The molecular weight excluding hydrogens is 236 g/mol. The Labute approximate surface area is 103 Å². The van der Waals surface area contributed by atoms with E-state index in [1.165, 1.54) is 12.3 Å². The molecule has 0 saturated heterocycles. The molecule has 0 aliphatic heterocycles. The van der Waals surface area contributed by atoms with Gasteiger partial charge in [0.25, 0.3) is 11.6 Å². The van der Waals surface area contributed by atoms with Crippen molar-refractivity contribution in [1.82, 2.24) is 9.88 Å². The Morgan fingerprint density at radius 1 is 1.56 bits per heavy atom. The zero-order chi connectivity index (χ0) is 12.9. The quantitative estimate of drug-likeness (QED) is 0.601. The van der Waals surface area contributed by atoms with E-state index in [2.05, 4.69) is 5.32 Å². The highest BCUT2D eigenvalue weighted by Gasteiger charge is 2.37. The van der Waals surface area contributed by atoms with Crippen LogP contribution in [0.5, 0.6) is 0 Å². The van der Waals surface area contributed by atoms with E-state index in [1.54, 1.807) is 4.57 Å². The minimum atomic E-state index is -0.474.